The number of hydrogen-bond acceptors (Lipinski definition) is 6. The average Bonchev–Trinajstić information content (AvgIpc) is 3.19. The smallest absolute Gasteiger partial charge is 0.256 e. The number of fused-ring (bicyclic) bond motifs is 2. The monoisotopic (exact) mass is 401 g/mol. The summed E-state index contributed by atoms with van der Waals surface area (Å²) in [6.07, 6.45) is 2.77. The lowest BCUT2D eigenvalue weighted by Gasteiger charge is -2.17. The van der Waals surface area contributed by atoms with Crippen LogP contribution in [0.5, 0.6) is 0 Å². The number of benzene rings is 2. The number of anilines is 1. The summed E-state index contributed by atoms with van der Waals surface area (Å²) < 4.78 is 0. The second-order valence-electron chi connectivity index (χ2n) is 7.12. The molecule has 0 atom stereocenters. The number of nitrogens with one attached hydrogen (secondary N) is 2. The molecule has 0 saturated carbocycles. The number of aromatic nitrogens is 3. The number of carbonyl (C=O) groups excluding carboxylic acids is 1. The van der Waals surface area contributed by atoms with E-state index < -0.39 is 0 Å². The van der Waals surface area contributed by atoms with E-state index in [0.29, 0.717) is 11.4 Å². The van der Waals surface area contributed by atoms with E-state index in [1.807, 2.05) is 37.3 Å². The Bertz CT molecular complexity index is 1230. The highest BCUT2D eigenvalue weighted by molar-refractivity contribution is 7.14. The third-order valence-electron chi connectivity index (χ3n) is 5.09. The average molecular weight is 401 g/mol. The fourth-order valence-corrected chi connectivity index (χ4v) is 4.25. The predicted molar refractivity (Wildman–Crippen MR) is 115 cm³/mol. The summed E-state index contributed by atoms with van der Waals surface area (Å²) in [5.74, 6) is 0.380. The number of nitrogens with zero attached hydrogens (tertiary/aromatic N) is 3. The van der Waals surface area contributed by atoms with Crippen molar-refractivity contribution < 1.29 is 4.79 Å². The molecule has 5 rings (SSSR count). The third-order valence-corrected chi connectivity index (χ3v) is 5.98. The molecule has 3 heterocycles. The van der Waals surface area contributed by atoms with Gasteiger partial charge in [-0.15, -0.1) is 10.2 Å². The van der Waals surface area contributed by atoms with Crippen molar-refractivity contribution in [3.05, 3.63) is 70.4 Å². The molecule has 1 aliphatic heterocycles. The minimum atomic E-state index is -0.152. The number of hydrogen-bond donors (Lipinski definition) is 2. The van der Waals surface area contributed by atoms with Crippen molar-refractivity contribution >= 4 is 33.8 Å². The summed E-state index contributed by atoms with van der Waals surface area (Å²) in [7, 11) is 0. The molecule has 2 aromatic carbocycles. The highest BCUT2D eigenvalue weighted by atomic mass is 32.1. The molecule has 0 radical (unpaired) electrons. The van der Waals surface area contributed by atoms with Crippen LogP contribution >= 0.6 is 11.3 Å². The SMILES string of the molecule is Cc1nnc(-c2ccc3cnc(NC(=O)c4ccc5c(c4)CNCC5)cc3c2)s1. The highest BCUT2D eigenvalue weighted by Gasteiger charge is 2.13. The molecule has 0 fully saturated rings. The Morgan fingerprint density at radius 2 is 2.00 bits per heavy atom. The van der Waals surface area contributed by atoms with Gasteiger partial charge in [0.05, 0.1) is 0 Å². The lowest BCUT2D eigenvalue weighted by Crippen LogP contribution is -2.24. The lowest BCUT2D eigenvalue weighted by molar-refractivity contribution is 0.102. The van der Waals surface area contributed by atoms with Crippen LogP contribution in [-0.2, 0) is 13.0 Å². The lowest BCUT2D eigenvalue weighted by atomic mass is 9.98. The summed E-state index contributed by atoms with van der Waals surface area (Å²) >= 11 is 1.56. The topological polar surface area (TPSA) is 79.8 Å². The van der Waals surface area contributed by atoms with Crippen molar-refractivity contribution in [3.63, 3.8) is 0 Å². The first-order valence-corrected chi connectivity index (χ1v) is 10.3. The molecule has 0 saturated heterocycles. The van der Waals surface area contributed by atoms with E-state index in [9.17, 15) is 4.79 Å². The van der Waals surface area contributed by atoms with Crippen LogP contribution in [0.3, 0.4) is 0 Å². The van der Waals surface area contributed by atoms with Crippen LogP contribution in [0.2, 0.25) is 0 Å². The molecule has 2 N–H and O–H groups in total. The Morgan fingerprint density at radius 3 is 2.86 bits per heavy atom. The van der Waals surface area contributed by atoms with Gasteiger partial charge in [-0.3, -0.25) is 4.79 Å². The highest BCUT2D eigenvalue weighted by Crippen LogP contribution is 2.27. The molecule has 0 aliphatic carbocycles. The zero-order valence-electron chi connectivity index (χ0n) is 15.9. The molecule has 144 valence electrons. The van der Waals surface area contributed by atoms with Gasteiger partial charge in [0.2, 0.25) is 0 Å². The first kappa shape index (κ1) is 17.9. The van der Waals surface area contributed by atoms with Crippen molar-refractivity contribution in [2.45, 2.75) is 19.9 Å². The number of carbonyl (C=O) groups is 1. The van der Waals surface area contributed by atoms with Gasteiger partial charge in [-0.2, -0.15) is 0 Å². The fourth-order valence-electron chi connectivity index (χ4n) is 3.57. The van der Waals surface area contributed by atoms with Crippen molar-refractivity contribution in [1.82, 2.24) is 20.5 Å². The largest absolute Gasteiger partial charge is 0.312 e. The van der Waals surface area contributed by atoms with E-state index in [0.717, 1.165) is 45.9 Å². The second kappa shape index (κ2) is 7.35. The number of rotatable bonds is 3. The third kappa shape index (κ3) is 3.62. The molecule has 4 aromatic rings. The predicted octanol–water partition coefficient (Wildman–Crippen LogP) is 3.96. The van der Waals surface area contributed by atoms with E-state index in [4.69, 9.17) is 0 Å². The summed E-state index contributed by atoms with van der Waals surface area (Å²) in [4.78, 5) is 17.1. The fraction of sp³-hybridized carbons (Fsp3) is 0.182. The first-order valence-electron chi connectivity index (χ1n) is 9.50. The Morgan fingerprint density at radius 1 is 1.07 bits per heavy atom. The molecule has 1 amide bonds. The number of aryl methyl sites for hydroxylation is 1. The van der Waals surface area contributed by atoms with Gasteiger partial charge < -0.3 is 10.6 Å². The zero-order chi connectivity index (χ0) is 19.8. The van der Waals surface area contributed by atoms with Crippen LogP contribution in [-0.4, -0.2) is 27.6 Å². The van der Waals surface area contributed by atoms with Gasteiger partial charge >= 0.3 is 0 Å². The van der Waals surface area contributed by atoms with Gasteiger partial charge in [0, 0.05) is 29.3 Å². The molecule has 29 heavy (non-hydrogen) atoms. The Labute approximate surface area is 172 Å². The molecule has 6 nitrogen and oxygen atoms in total. The Kier molecular flexibility index (Phi) is 4.54. The minimum Gasteiger partial charge on any atom is -0.312 e. The molecule has 0 unspecified atom stereocenters. The van der Waals surface area contributed by atoms with Crippen LogP contribution in [0.1, 0.15) is 26.5 Å². The maximum Gasteiger partial charge on any atom is 0.256 e. The maximum absolute atomic E-state index is 12.7. The van der Waals surface area contributed by atoms with E-state index in [2.05, 4.69) is 37.9 Å². The van der Waals surface area contributed by atoms with Crippen LogP contribution < -0.4 is 10.6 Å². The maximum atomic E-state index is 12.7. The molecular weight excluding hydrogens is 382 g/mol. The normalized spacial score (nSPS) is 13.3. The van der Waals surface area contributed by atoms with Gasteiger partial charge in [-0.25, -0.2) is 4.98 Å². The van der Waals surface area contributed by atoms with Gasteiger partial charge in [-0.05, 0) is 60.7 Å². The number of amides is 1. The Balaban J connectivity index is 1.42. The van der Waals surface area contributed by atoms with Gasteiger partial charge in [-0.1, -0.05) is 29.5 Å². The van der Waals surface area contributed by atoms with Crippen molar-refractivity contribution in [2.24, 2.45) is 0 Å². The van der Waals surface area contributed by atoms with E-state index >= 15 is 0 Å². The van der Waals surface area contributed by atoms with Gasteiger partial charge in [0.1, 0.15) is 15.8 Å². The second-order valence-corrected chi connectivity index (χ2v) is 8.30. The Hall–Kier alpha value is -3.16. The minimum absolute atomic E-state index is 0.152. The molecular formula is C22H19N5OS. The van der Waals surface area contributed by atoms with Crippen molar-refractivity contribution in [3.8, 4) is 10.6 Å². The summed E-state index contributed by atoms with van der Waals surface area (Å²) in [6, 6.07) is 13.9. The van der Waals surface area contributed by atoms with Crippen LogP contribution in [0.4, 0.5) is 5.82 Å². The van der Waals surface area contributed by atoms with Gasteiger partial charge in [0.15, 0.2) is 0 Å². The molecule has 0 bridgehead atoms. The van der Waals surface area contributed by atoms with Crippen molar-refractivity contribution in [2.75, 3.05) is 11.9 Å². The first-order chi connectivity index (χ1) is 14.2. The molecule has 7 heteroatoms. The van der Waals surface area contributed by atoms with Crippen molar-refractivity contribution in [1.29, 1.82) is 0 Å². The molecule has 0 spiro atoms. The zero-order valence-corrected chi connectivity index (χ0v) is 16.7. The van der Waals surface area contributed by atoms with E-state index in [1.54, 1.807) is 17.5 Å². The van der Waals surface area contributed by atoms with Crippen LogP contribution in [0.25, 0.3) is 21.3 Å². The summed E-state index contributed by atoms with van der Waals surface area (Å²) in [5.41, 5.74) is 4.15. The van der Waals surface area contributed by atoms with Gasteiger partial charge in [0.25, 0.3) is 5.91 Å². The van der Waals surface area contributed by atoms with E-state index in [-0.39, 0.29) is 5.91 Å². The van der Waals surface area contributed by atoms with Crippen LogP contribution in [0, 0.1) is 6.92 Å². The summed E-state index contributed by atoms with van der Waals surface area (Å²) in [5, 5.41) is 18.4. The van der Waals surface area contributed by atoms with Crippen LogP contribution in [0.15, 0.2) is 48.7 Å². The molecule has 2 aromatic heterocycles. The van der Waals surface area contributed by atoms with E-state index in [1.165, 1.54) is 11.1 Å². The summed E-state index contributed by atoms with van der Waals surface area (Å²) in [6.45, 7) is 3.73. The molecule has 1 aliphatic rings. The quantitative estimate of drug-likeness (QED) is 0.543. The number of pyridine rings is 1. The standard InChI is InChI=1S/C22H19N5OS/c1-13-26-27-22(29-13)16-4-5-17-12-24-20(10-18(17)9-16)25-21(28)15-3-2-14-6-7-23-11-19(14)8-15/h2-5,8-10,12,23H,6-7,11H2,1H3,(H,24,25,28).